The van der Waals surface area contributed by atoms with Gasteiger partial charge < -0.3 is 24.6 Å². The molecule has 0 bridgehead atoms. The molecule has 0 aliphatic carbocycles. The van der Waals surface area contributed by atoms with Crippen LogP contribution in [0.4, 0.5) is 21.9 Å². The number of rotatable bonds is 8. The Morgan fingerprint density at radius 1 is 0.921 bits per heavy atom. The maximum Gasteiger partial charge on any atom is 0.326 e. The number of ether oxygens (including phenoxy) is 2. The zero-order chi connectivity index (χ0) is 27.2. The third-order valence-corrected chi connectivity index (χ3v) is 7.69. The van der Waals surface area contributed by atoms with E-state index in [4.69, 9.17) is 32.7 Å². The molecule has 7 nitrogen and oxygen atoms in total. The Kier molecular flexibility index (Phi) is 9.26. The highest BCUT2D eigenvalue weighted by molar-refractivity contribution is 6.41. The van der Waals surface area contributed by atoms with Crippen LogP contribution >= 0.6 is 23.2 Å². The predicted octanol–water partition coefficient (Wildman–Crippen LogP) is 6.41. The van der Waals surface area contributed by atoms with E-state index >= 15 is 0 Å². The summed E-state index contributed by atoms with van der Waals surface area (Å²) in [6.45, 7) is 7.66. The maximum absolute atomic E-state index is 13.1. The third-order valence-electron chi connectivity index (χ3n) is 6.94. The highest BCUT2D eigenvalue weighted by Gasteiger charge is 2.21. The number of amides is 2. The molecule has 0 aromatic heterocycles. The number of methoxy groups -OCH3 is 2. The lowest BCUT2D eigenvalue weighted by atomic mass is 10.0. The summed E-state index contributed by atoms with van der Waals surface area (Å²) in [5, 5.41) is 3.19. The Balaban J connectivity index is 1.44. The first kappa shape index (κ1) is 27.9. The standard InChI is InChI=1S/C29H34Cl2N4O3/c1-5-34-13-15-35(16-14-34)22-11-9-20(10-12-22)17-21-7-6-8-23(18-21)33(2)29(36)32-28-26(30)24(37-3)19-25(38-4)27(28)31/h6-12,18-19H,5,13-17H2,1-4H3,(H,32,36). The van der Waals surface area contributed by atoms with E-state index in [1.807, 2.05) is 18.2 Å². The lowest BCUT2D eigenvalue weighted by Crippen LogP contribution is -2.46. The maximum atomic E-state index is 13.1. The van der Waals surface area contributed by atoms with Gasteiger partial charge in [0.25, 0.3) is 0 Å². The molecular weight excluding hydrogens is 523 g/mol. The number of nitrogens with zero attached hydrogens (tertiary/aromatic N) is 3. The minimum absolute atomic E-state index is 0.199. The molecule has 0 unspecified atom stereocenters. The van der Waals surface area contributed by atoms with Gasteiger partial charge in [0.15, 0.2) is 0 Å². The summed E-state index contributed by atoms with van der Waals surface area (Å²) < 4.78 is 10.6. The second-order valence-electron chi connectivity index (χ2n) is 9.21. The van der Waals surface area contributed by atoms with Gasteiger partial charge in [0.05, 0.1) is 19.9 Å². The second-order valence-corrected chi connectivity index (χ2v) is 9.96. The molecule has 202 valence electrons. The summed E-state index contributed by atoms with van der Waals surface area (Å²) >= 11 is 12.8. The molecule has 0 radical (unpaired) electrons. The van der Waals surface area contributed by atoms with Crippen LogP contribution < -0.4 is 24.6 Å². The number of urea groups is 1. The largest absolute Gasteiger partial charge is 0.495 e. The molecule has 3 aromatic rings. The fourth-order valence-corrected chi connectivity index (χ4v) is 5.16. The fourth-order valence-electron chi connectivity index (χ4n) is 4.56. The van der Waals surface area contributed by atoms with Crippen LogP contribution in [-0.4, -0.2) is 64.9 Å². The normalized spacial score (nSPS) is 13.8. The summed E-state index contributed by atoms with van der Waals surface area (Å²) in [5.74, 6) is 0.698. The summed E-state index contributed by atoms with van der Waals surface area (Å²) in [6, 6.07) is 17.9. The molecule has 1 aliphatic rings. The van der Waals surface area contributed by atoms with Gasteiger partial charge in [-0.2, -0.15) is 0 Å². The summed E-state index contributed by atoms with van der Waals surface area (Å²) in [4.78, 5) is 19.6. The number of hydrogen-bond acceptors (Lipinski definition) is 5. The Morgan fingerprint density at radius 3 is 2.13 bits per heavy atom. The van der Waals surface area contributed by atoms with Gasteiger partial charge in [0, 0.05) is 50.7 Å². The van der Waals surface area contributed by atoms with E-state index in [0.717, 1.165) is 50.4 Å². The second kappa shape index (κ2) is 12.6. The molecule has 1 aliphatic heterocycles. The van der Waals surface area contributed by atoms with E-state index < -0.39 is 6.03 Å². The number of hydrogen-bond donors (Lipinski definition) is 1. The molecule has 38 heavy (non-hydrogen) atoms. The van der Waals surface area contributed by atoms with E-state index in [1.54, 1.807) is 13.1 Å². The van der Waals surface area contributed by atoms with Crippen molar-refractivity contribution in [1.82, 2.24) is 4.90 Å². The van der Waals surface area contributed by atoms with Crippen LogP contribution in [0.25, 0.3) is 0 Å². The van der Waals surface area contributed by atoms with Crippen molar-refractivity contribution < 1.29 is 14.3 Å². The molecule has 2 amide bonds. The van der Waals surface area contributed by atoms with E-state index in [9.17, 15) is 4.79 Å². The van der Waals surface area contributed by atoms with E-state index in [0.29, 0.717) is 11.5 Å². The third kappa shape index (κ3) is 6.29. The lowest BCUT2D eigenvalue weighted by Gasteiger charge is -2.35. The minimum atomic E-state index is -0.395. The molecule has 1 N–H and O–H groups in total. The molecule has 1 saturated heterocycles. The quantitative estimate of drug-likeness (QED) is 0.347. The van der Waals surface area contributed by atoms with Gasteiger partial charge in [0.1, 0.15) is 21.5 Å². The number of piperazine rings is 1. The number of benzene rings is 3. The van der Waals surface area contributed by atoms with E-state index in [1.165, 1.54) is 30.4 Å². The first-order chi connectivity index (χ1) is 18.3. The molecular formula is C29H34Cl2N4O3. The summed E-state index contributed by atoms with van der Waals surface area (Å²) in [6.07, 6.45) is 0.762. The SMILES string of the molecule is CCN1CCN(c2ccc(Cc3cccc(N(C)C(=O)Nc4c(Cl)c(OC)cc(OC)c4Cl)c3)cc2)CC1. The van der Waals surface area contributed by atoms with Crippen molar-refractivity contribution in [3.8, 4) is 11.5 Å². The fraction of sp³-hybridized carbons (Fsp3) is 0.345. The van der Waals surface area contributed by atoms with Crippen LogP contribution in [0.5, 0.6) is 11.5 Å². The van der Waals surface area contributed by atoms with Crippen molar-refractivity contribution >= 4 is 46.3 Å². The molecule has 0 saturated carbocycles. The monoisotopic (exact) mass is 556 g/mol. The molecule has 3 aromatic carbocycles. The number of carbonyl (C=O) groups is 1. The van der Waals surface area contributed by atoms with Crippen molar-refractivity contribution in [2.24, 2.45) is 0 Å². The van der Waals surface area contributed by atoms with Crippen molar-refractivity contribution in [3.05, 3.63) is 75.8 Å². The molecule has 1 fully saturated rings. The number of likely N-dealkylation sites (N-methyl/N-ethyl adjacent to an activating group) is 1. The average molecular weight is 558 g/mol. The Hall–Kier alpha value is -3.13. The van der Waals surface area contributed by atoms with Gasteiger partial charge >= 0.3 is 6.03 Å². The van der Waals surface area contributed by atoms with E-state index in [-0.39, 0.29) is 15.7 Å². The van der Waals surface area contributed by atoms with Crippen LogP contribution in [-0.2, 0) is 6.42 Å². The predicted molar refractivity (Wildman–Crippen MR) is 157 cm³/mol. The first-order valence-electron chi connectivity index (χ1n) is 12.6. The van der Waals surface area contributed by atoms with Crippen LogP contribution in [0.1, 0.15) is 18.1 Å². The van der Waals surface area contributed by atoms with Crippen LogP contribution in [0.2, 0.25) is 10.0 Å². The highest BCUT2D eigenvalue weighted by Crippen LogP contribution is 2.44. The summed E-state index contributed by atoms with van der Waals surface area (Å²) in [7, 11) is 4.67. The number of carbonyl (C=O) groups excluding carboxylic acids is 1. The highest BCUT2D eigenvalue weighted by atomic mass is 35.5. The van der Waals surface area contributed by atoms with Crippen LogP contribution in [0, 0.1) is 0 Å². The van der Waals surface area contributed by atoms with Crippen LogP contribution in [0.3, 0.4) is 0 Å². The Morgan fingerprint density at radius 2 is 1.55 bits per heavy atom. The van der Waals surface area contributed by atoms with Crippen molar-refractivity contribution in [3.63, 3.8) is 0 Å². The zero-order valence-electron chi connectivity index (χ0n) is 22.3. The van der Waals surface area contributed by atoms with Crippen molar-refractivity contribution in [1.29, 1.82) is 0 Å². The van der Waals surface area contributed by atoms with Gasteiger partial charge in [-0.1, -0.05) is 54.4 Å². The van der Waals surface area contributed by atoms with Gasteiger partial charge in [-0.15, -0.1) is 0 Å². The van der Waals surface area contributed by atoms with Crippen LogP contribution in [0.15, 0.2) is 54.6 Å². The molecule has 0 spiro atoms. The number of anilines is 3. The summed E-state index contributed by atoms with van der Waals surface area (Å²) in [5.41, 5.74) is 4.56. The topological polar surface area (TPSA) is 57.3 Å². The Labute approximate surface area is 234 Å². The van der Waals surface area contributed by atoms with E-state index in [2.05, 4.69) is 52.4 Å². The van der Waals surface area contributed by atoms with Gasteiger partial charge in [-0.3, -0.25) is 4.90 Å². The number of nitrogens with one attached hydrogen (secondary N) is 1. The molecule has 9 heteroatoms. The average Bonchev–Trinajstić information content (AvgIpc) is 2.95. The molecule has 1 heterocycles. The van der Waals surface area contributed by atoms with Crippen molar-refractivity contribution in [2.45, 2.75) is 13.3 Å². The minimum Gasteiger partial charge on any atom is -0.495 e. The number of halogens is 2. The lowest BCUT2D eigenvalue weighted by molar-refractivity contribution is 0.258. The smallest absolute Gasteiger partial charge is 0.326 e. The first-order valence-corrected chi connectivity index (χ1v) is 13.4. The Bertz CT molecular complexity index is 1230. The van der Waals surface area contributed by atoms with Gasteiger partial charge in [-0.25, -0.2) is 4.79 Å². The van der Waals surface area contributed by atoms with Crippen molar-refractivity contribution in [2.75, 3.05) is 69.1 Å². The van der Waals surface area contributed by atoms with Gasteiger partial charge in [0.2, 0.25) is 0 Å². The molecule has 0 atom stereocenters. The molecule has 4 rings (SSSR count). The van der Waals surface area contributed by atoms with Gasteiger partial charge in [-0.05, 0) is 48.4 Å². The zero-order valence-corrected chi connectivity index (χ0v) is 23.8.